The van der Waals surface area contributed by atoms with Gasteiger partial charge in [-0.05, 0) is 18.4 Å². The van der Waals surface area contributed by atoms with Gasteiger partial charge < -0.3 is 5.73 Å². The van der Waals surface area contributed by atoms with E-state index in [1.165, 1.54) is 83.5 Å². The minimum atomic E-state index is -0.327. The fourth-order valence-corrected chi connectivity index (χ4v) is 3.56. The molecule has 0 aliphatic rings. The van der Waals surface area contributed by atoms with Gasteiger partial charge in [0.2, 0.25) is 5.91 Å². The second kappa shape index (κ2) is 16.6. The summed E-state index contributed by atoms with van der Waals surface area (Å²) in [6.45, 7) is 2.28. The number of primary amides is 1. The Morgan fingerprint density at radius 3 is 1.63 bits per heavy atom. The zero-order valence-electron chi connectivity index (χ0n) is 17.6. The quantitative estimate of drug-likeness (QED) is 0.224. The molecule has 0 spiro atoms. The topological polar surface area (TPSA) is 43.1 Å². The first-order valence-electron chi connectivity index (χ1n) is 11.3. The Morgan fingerprint density at radius 1 is 0.741 bits per heavy atom. The lowest BCUT2D eigenvalue weighted by atomic mass is 10.0. The van der Waals surface area contributed by atoms with Crippen molar-refractivity contribution in [3.05, 3.63) is 42.0 Å². The highest BCUT2D eigenvalue weighted by Gasteiger charge is 2.06. The van der Waals surface area contributed by atoms with Gasteiger partial charge in [0, 0.05) is 5.57 Å². The molecule has 27 heavy (non-hydrogen) atoms. The third kappa shape index (κ3) is 12.4. The Morgan fingerprint density at radius 2 is 1.19 bits per heavy atom. The molecule has 2 N–H and O–H groups in total. The van der Waals surface area contributed by atoms with Crippen molar-refractivity contribution in [2.24, 2.45) is 5.73 Å². The van der Waals surface area contributed by atoms with Crippen LogP contribution in [0.5, 0.6) is 0 Å². The standard InChI is InChI=1S/C25H41NO/c1-2-3-4-5-6-7-8-9-10-11-12-13-14-15-19-22-24(25(26)27)23-20-17-16-18-21-23/h16-18,20-22H,2-15,19H2,1H3,(H2,26,27). The predicted molar refractivity (Wildman–Crippen MR) is 119 cm³/mol. The molecule has 0 bridgehead atoms. The predicted octanol–water partition coefficient (Wildman–Crippen LogP) is 7.43. The largest absolute Gasteiger partial charge is 0.366 e. The van der Waals surface area contributed by atoms with Gasteiger partial charge in [-0.25, -0.2) is 0 Å². The minimum Gasteiger partial charge on any atom is -0.366 e. The van der Waals surface area contributed by atoms with E-state index in [9.17, 15) is 4.79 Å². The molecule has 2 nitrogen and oxygen atoms in total. The highest BCUT2D eigenvalue weighted by molar-refractivity contribution is 6.18. The van der Waals surface area contributed by atoms with Crippen LogP contribution in [0.25, 0.3) is 5.57 Å². The van der Waals surface area contributed by atoms with Gasteiger partial charge in [-0.3, -0.25) is 4.79 Å². The van der Waals surface area contributed by atoms with E-state index in [0.717, 1.165) is 18.4 Å². The number of carbonyl (C=O) groups excluding carboxylic acids is 1. The van der Waals surface area contributed by atoms with Gasteiger partial charge in [-0.1, -0.05) is 127 Å². The summed E-state index contributed by atoms with van der Waals surface area (Å²) in [5.74, 6) is -0.327. The van der Waals surface area contributed by atoms with Crippen LogP contribution in [0.2, 0.25) is 0 Å². The number of rotatable bonds is 17. The van der Waals surface area contributed by atoms with Crippen LogP contribution >= 0.6 is 0 Å². The lowest BCUT2D eigenvalue weighted by Gasteiger charge is -2.04. The Kier molecular flexibility index (Phi) is 14.4. The van der Waals surface area contributed by atoms with Gasteiger partial charge in [0.05, 0.1) is 0 Å². The Bertz CT molecular complexity index is 506. The van der Waals surface area contributed by atoms with E-state index >= 15 is 0 Å². The molecular formula is C25H41NO. The van der Waals surface area contributed by atoms with Gasteiger partial charge in [0.15, 0.2) is 0 Å². The van der Waals surface area contributed by atoms with Crippen molar-refractivity contribution in [3.8, 4) is 0 Å². The molecular weight excluding hydrogens is 330 g/mol. The molecule has 1 aromatic carbocycles. The van der Waals surface area contributed by atoms with E-state index in [1.807, 2.05) is 36.4 Å². The van der Waals surface area contributed by atoms with E-state index in [2.05, 4.69) is 6.92 Å². The Balaban J connectivity index is 1.97. The molecule has 1 amide bonds. The number of hydrogen-bond acceptors (Lipinski definition) is 1. The zero-order valence-corrected chi connectivity index (χ0v) is 17.6. The summed E-state index contributed by atoms with van der Waals surface area (Å²) >= 11 is 0. The van der Waals surface area contributed by atoms with E-state index in [0.29, 0.717) is 5.57 Å². The van der Waals surface area contributed by atoms with Crippen molar-refractivity contribution < 1.29 is 4.79 Å². The molecule has 1 aromatic rings. The molecule has 0 aromatic heterocycles. The third-order valence-corrected chi connectivity index (χ3v) is 5.26. The zero-order chi connectivity index (χ0) is 19.6. The minimum absolute atomic E-state index is 0.327. The third-order valence-electron chi connectivity index (χ3n) is 5.26. The SMILES string of the molecule is CCCCCCCCCCCCCCCCC=C(C(N)=O)c1ccccc1. The number of hydrogen-bond donors (Lipinski definition) is 1. The van der Waals surface area contributed by atoms with Crippen LogP contribution in [0.3, 0.4) is 0 Å². The highest BCUT2D eigenvalue weighted by Crippen LogP contribution is 2.17. The van der Waals surface area contributed by atoms with Crippen molar-refractivity contribution in [1.29, 1.82) is 0 Å². The maximum absolute atomic E-state index is 11.6. The van der Waals surface area contributed by atoms with Gasteiger partial charge in [-0.2, -0.15) is 0 Å². The van der Waals surface area contributed by atoms with Gasteiger partial charge >= 0.3 is 0 Å². The molecule has 0 fully saturated rings. The first kappa shape index (κ1) is 23.5. The van der Waals surface area contributed by atoms with E-state index < -0.39 is 0 Å². The summed E-state index contributed by atoms with van der Waals surface area (Å²) in [4.78, 5) is 11.6. The average Bonchev–Trinajstić information content (AvgIpc) is 2.68. The van der Waals surface area contributed by atoms with Crippen molar-refractivity contribution in [2.75, 3.05) is 0 Å². The number of nitrogens with two attached hydrogens (primary N) is 1. The van der Waals surface area contributed by atoms with Crippen LogP contribution in [-0.2, 0) is 4.79 Å². The first-order chi connectivity index (χ1) is 13.3. The fraction of sp³-hybridized carbons (Fsp3) is 0.640. The van der Waals surface area contributed by atoms with Crippen LogP contribution in [0, 0.1) is 0 Å². The number of carbonyl (C=O) groups is 1. The summed E-state index contributed by atoms with van der Waals surface area (Å²) in [7, 11) is 0. The van der Waals surface area contributed by atoms with Crippen LogP contribution in [-0.4, -0.2) is 5.91 Å². The first-order valence-corrected chi connectivity index (χ1v) is 11.3. The summed E-state index contributed by atoms with van der Waals surface area (Å²) in [5.41, 5.74) is 7.11. The molecule has 0 atom stereocenters. The Labute approximate surface area is 167 Å². The maximum atomic E-state index is 11.6. The fourth-order valence-electron chi connectivity index (χ4n) is 3.56. The van der Waals surface area contributed by atoms with E-state index in [-0.39, 0.29) is 5.91 Å². The number of allylic oxidation sites excluding steroid dienone is 1. The van der Waals surface area contributed by atoms with Crippen LogP contribution < -0.4 is 5.73 Å². The highest BCUT2D eigenvalue weighted by atomic mass is 16.1. The van der Waals surface area contributed by atoms with Crippen molar-refractivity contribution >= 4 is 11.5 Å². The number of amides is 1. The van der Waals surface area contributed by atoms with Crippen LogP contribution in [0.1, 0.15) is 109 Å². The molecule has 0 unspecified atom stereocenters. The molecule has 152 valence electrons. The van der Waals surface area contributed by atoms with Gasteiger partial charge in [0.25, 0.3) is 0 Å². The molecule has 0 saturated carbocycles. The average molecular weight is 372 g/mol. The maximum Gasteiger partial charge on any atom is 0.248 e. The van der Waals surface area contributed by atoms with Crippen molar-refractivity contribution in [1.82, 2.24) is 0 Å². The normalized spacial score (nSPS) is 11.7. The number of benzene rings is 1. The van der Waals surface area contributed by atoms with E-state index in [4.69, 9.17) is 5.73 Å². The second-order valence-electron chi connectivity index (χ2n) is 7.73. The van der Waals surface area contributed by atoms with Crippen LogP contribution in [0.15, 0.2) is 36.4 Å². The summed E-state index contributed by atoms with van der Waals surface area (Å²) in [6.07, 6.45) is 22.1. The second-order valence-corrected chi connectivity index (χ2v) is 7.73. The summed E-state index contributed by atoms with van der Waals surface area (Å²) in [5, 5.41) is 0. The Hall–Kier alpha value is -1.57. The number of unbranched alkanes of at least 4 members (excludes halogenated alkanes) is 14. The molecule has 0 aliphatic heterocycles. The lowest BCUT2D eigenvalue weighted by Crippen LogP contribution is -2.12. The molecule has 0 heterocycles. The smallest absolute Gasteiger partial charge is 0.248 e. The van der Waals surface area contributed by atoms with Gasteiger partial charge in [-0.15, -0.1) is 0 Å². The van der Waals surface area contributed by atoms with E-state index in [1.54, 1.807) is 0 Å². The van der Waals surface area contributed by atoms with Crippen molar-refractivity contribution in [2.45, 2.75) is 103 Å². The molecule has 0 radical (unpaired) electrons. The molecule has 0 aliphatic carbocycles. The molecule has 1 rings (SSSR count). The monoisotopic (exact) mass is 371 g/mol. The summed E-state index contributed by atoms with van der Waals surface area (Å²) < 4.78 is 0. The van der Waals surface area contributed by atoms with Gasteiger partial charge in [0.1, 0.15) is 0 Å². The lowest BCUT2D eigenvalue weighted by molar-refractivity contribution is -0.112. The summed E-state index contributed by atoms with van der Waals surface area (Å²) in [6, 6.07) is 9.73. The molecule has 2 heteroatoms. The van der Waals surface area contributed by atoms with Crippen molar-refractivity contribution in [3.63, 3.8) is 0 Å². The molecule has 0 saturated heterocycles. The van der Waals surface area contributed by atoms with Crippen LogP contribution in [0.4, 0.5) is 0 Å².